The van der Waals surface area contributed by atoms with Crippen molar-refractivity contribution in [3.05, 3.63) is 63.3 Å². The number of hydrogen-bond donors (Lipinski definition) is 2. The minimum Gasteiger partial charge on any atom is -0.360 e. The van der Waals surface area contributed by atoms with Crippen LogP contribution in [0.5, 0.6) is 0 Å². The number of nitrogens with one attached hydrogen (secondary N) is 2. The van der Waals surface area contributed by atoms with Gasteiger partial charge in [-0.3, -0.25) is 14.8 Å². The molecule has 1 aromatic heterocycles. The first kappa shape index (κ1) is 16.3. The Morgan fingerprint density at radius 3 is 2.67 bits per heavy atom. The van der Waals surface area contributed by atoms with Crippen LogP contribution in [0.25, 0.3) is 10.9 Å². The second kappa shape index (κ2) is 5.81. The molecule has 0 atom stereocenters. The third kappa shape index (κ3) is 2.93. The molecule has 0 fully saturated rings. The minimum absolute atomic E-state index is 0.0689. The van der Waals surface area contributed by atoms with Crippen LogP contribution < -0.4 is 4.72 Å². The number of non-ortho nitro benzene ring substituents is 1. The Hall–Kier alpha value is -2.58. The molecule has 0 amide bonds. The van der Waals surface area contributed by atoms with E-state index in [0.29, 0.717) is 21.8 Å². The first-order chi connectivity index (χ1) is 11.3. The number of benzene rings is 2. The Kier molecular flexibility index (Phi) is 3.94. The number of anilines is 1. The number of halogens is 1. The summed E-state index contributed by atoms with van der Waals surface area (Å²) in [5.41, 5.74) is 1.36. The van der Waals surface area contributed by atoms with E-state index in [0.717, 1.165) is 0 Å². The van der Waals surface area contributed by atoms with Crippen LogP contribution in [0.3, 0.4) is 0 Å². The van der Waals surface area contributed by atoms with Crippen molar-refractivity contribution in [1.82, 2.24) is 4.98 Å². The monoisotopic (exact) mass is 365 g/mol. The lowest BCUT2D eigenvalue weighted by atomic mass is 10.2. The summed E-state index contributed by atoms with van der Waals surface area (Å²) in [6.07, 6.45) is 1.30. The zero-order chi connectivity index (χ0) is 17.5. The molecule has 3 rings (SSSR count). The molecule has 9 heteroatoms. The SMILES string of the molecule is Cc1ccc(Cl)cc1NS(=O)(=O)c1c[nH]c2ccc([N+](=O)[O-])cc12. The average Bonchev–Trinajstić information content (AvgIpc) is 2.94. The maximum Gasteiger partial charge on any atom is 0.270 e. The van der Waals surface area contributed by atoms with E-state index in [4.69, 9.17) is 11.6 Å². The van der Waals surface area contributed by atoms with Gasteiger partial charge < -0.3 is 4.98 Å². The summed E-state index contributed by atoms with van der Waals surface area (Å²) in [4.78, 5) is 13.1. The number of aromatic nitrogens is 1. The van der Waals surface area contributed by atoms with E-state index in [1.54, 1.807) is 19.1 Å². The van der Waals surface area contributed by atoms with E-state index in [-0.39, 0.29) is 16.0 Å². The molecule has 7 nitrogen and oxygen atoms in total. The average molecular weight is 366 g/mol. The lowest BCUT2D eigenvalue weighted by Gasteiger charge is -2.10. The predicted molar refractivity (Wildman–Crippen MR) is 92.0 cm³/mol. The molecule has 0 aliphatic rings. The standard InChI is InChI=1S/C15H12ClN3O4S/c1-9-2-3-10(16)6-14(9)18-24(22,23)15-8-17-13-5-4-11(19(20)21)7-12(13)15/h2-8,17-18H,1H3. The Bertz CT molecular complexity index is 1060. The molecular formula is C15H12ClN3O4S. The highest BCUT2D eigenvalue weighted by molar-refractivity contribution is 7.93. The fourth-order valence-electron chi connectivity index (χ4n) is 2.32. The van der Waals surface area contributed by atoms with Crippen molar-refractivity contribution >= 4 is 43.9 Å². The first-order valence-corrected chi connectivity index (χ1v) is 8.68. The Morgan fingerprint density at radius 2 is 1.96 bits per heavy atom. The van der Waals surface area contributed by atoms with Crippen LogP contribution in [-0.2, 0) is 10.0 Å². The lowest BCUT2D eigenvalue weighted by Crippen LogP contribution is -2.13. The molecule has 2 N–H and O–H groups in total. The smallest absolute Gasteiger partial charge is 0.270 e. The molecule has 24 heavy (non-hydrogen) atoms. The number of rotatable bonds is 4. The summed E-state index contributed by atoms with van der Waals surface area (Å²) in [6, 6.07) is 8.86. The van der Waals surface area contributed by atoms with E-state index in [9.17, 15) is 18.5 Å². The molecular weight excluding hydrogens is 354 g/mol. The van der Waals surface area contributed by atoms with Gasteiger partial charge >= 0.3 is 0 Å². The lowest BCUT2D eigenvalue weighted by molar-refractivity contribution is -0.384. The highest BCUT2D eigenvalue weighted by atomic mass is 35.5. The van der Waals surface area contributed by atoms with Gasteiger partial charge in [0.25, 0.3) is 15.7 Å². The van der Waals surface area contributed by atoms with E-state index >= 15 is 0 Å². The molecule has 0 saturated heterocycles. The van der Waals surface area contributed by atoms with Gasteiger partial charge in [-0.25, -0.2) is 8.42 Å². The summed E-state index contributed by atoms with van der Waals surface area (Å²) in [6.45, 7) is 1.74. The number of aryl methyl sites for hydroxylation is 1. The van der Waals surface area contributed by atoms with Crippen LogP contribution in [0, 0.1) is 17.0 Å². The fraction of sp³-hybridized carbons (Fsp3) is 0.0667. The fourth-order valence-corrected chi connectivity index (χ4v) is 3.79. The maximum atomic E-state index is 12.7. The number of fused-ring (bicyclic) bond motifs is 1. The number of nitro benzene ring substituents is 1. The maximum absolute atomic E-state index is 12.7. The molecule has 2 aromatic carbocycles. The zero-order valence-corrected chi connectivity index (χ0v) is 14.0. The third-order valence-electron chi connectivity index (χ3n) is 3.57. The van der Waals surface area contributed by atoms with E-state index in [2.05, 4.69) is 9.71 Å². The van der Waals surface area contributed by atoms with Crippen molar-refractivity contribution in [2.75, 3.05) is 4.72 Å². The second-order valence-corrected chi connectivity index (χ2v) is 7.29. The highest BCUT2D eigenvalue weighted by Gasteiger charge is 2.21. The second-order valence-electron chi connectivity index (χ2n) is 5.20. The Labute approximate surface area is 142 Å². The van der Waals surface area contributed by atoms with Crippen molar-refractivity contribution in [2.45, 2.75) is 11.8 Å². The van der Waals surface area contributed by atoms with Crippen LogP contribution in [0.2, 0.25) is 5.02 Å². The summed E-state index contributed by atoms with van der Waals surface area (Å²) in [5, 5.41) is 11.6. The molecule has 1 heterocycles. The van der Waals surface area contributed by atoms with Crippen molar-refractivity contribution < 1.29 is 13.3 Å². The summed E-state index contributed by atoms with van der Waals surface area (Å²) in [5.74, 6) is 0. The molecule has 0 unspecified atom stereocenters. The molecule has 0 aliphatic carbocycles. The van der Waals surface area contributed by atoms with Crippen LogP contribution in [0.15, 0.2) is 47.5 Å². The number of nitro groups is 1. The van der Waals surface area contributed by atoms with Crippen LogP contribution in [-0.4, -0.2) is 18.3 Å². The van der Waals surface area contributed by atoms with Gasteiger partial charge in [0.1, 0.15) is 4.90 Å². The largest absolute Gasteiger partial charge is 0.360 e. The van der Waals surface area contributed by atoms with E-state index in [1.165, 1.54) is 30.5 Å². The van der Waals surface area contributed by atoms with Gasteiger partial charge in [0.05, 0.1) is 10.6 Å². The summed E-state index contributed by atoms with van der Waals surface area (Å²) < 4.78 is 27.8. The van der Waals surface area contributed by atoms with Crippen LogP contribution in [0.4, 0.5) is 11.4 Å². The van der Waals surface area contributed by atoms with Gasteiger partial charge in [-0.15, -0.1) is 0 Å². The van der Waals surface area contributed by atoms with E-state index in [1.807, 2.05) is 0 Å². The van der Waals surface area contributed by atoms with Gasteiger partial charge in [-0.1, -0.05) is 17.7 Å². The quantitative estimate of drug-likeness (QED) is 0.541. The van der Waals surface area contributed by atoms with Gasteiger partial charge in [-0.05, 0) is 30.7 Å². The van der Waals surface area contributed by atoms with Crippen molar-refractivity contribution in [3.63, 3.8) is 0 Å². The number of nitrogens with zero attached hydrogens (tertiary/aromatic N) is 1. The van der Waals surface area contributed by atoms with Gasteiger partial charge in [0.2, 0.25) is 0 Å². The summed E-state index contributed by atoms with van der Waals surface area (Å²) >= 11 is 5.91. The molecule has 3 aromatic rings. The van der Waals surface area contributed by atoms with Crippen molar-refractivity contribution in [2.24, 2.45) is 0 Å². The minimum atomic E-state index is -3.94. The van der Waals surface area contributed by atoms with Gasteiger partial charge in [-0.2, -0.15) is 0 Å². The molecule has 0 spiro atoms. The van der Waals surface area contributed by atoms with Crippen LogP contribution >= 0.6 is 11.6 Å². The molecule has 0 radical (unpaired) electrons. The third-order valence-corrected chi connectivity index (χ3v) is 5.21. The highest BCUT2D eigenvalue weighted by Crippen LogP contribution is 2.29. The van der Waals surface area contributed by atoms with Crippen molar-refractivity contribution in [3.8, 4) is 0 Å². The van der Waals surface area contributed by atoms with Crippen molar-refractivity contribution in [1.29, 1.82) is 0 Å². The number of sulfonamides is 1. The molecule has 124 valence electrons. The molecule has 0 aliphatic heterocycles. The number of aromatic amines is 1. The number of H-pyrrole nitrogens is 1. The Morgan fingerprint density at radius 1 is 1.21 bits per heavy atom. The number of hydrogen-bond acceptors (Lipinski definition) is 4. The zero-order valence-electron chi connectivity index (χ0n) is 12.4. The first-order valence-electron chi connectivity index (χ1n) is 6.82. The van der Waals surface area contributed by atoms with E-state index < -0.39 is 14.9 Å². The van der Waals surface area contributed by atoms with Gasteiger partial charge in [0, 0.05) is 34.3 Å². The van der Waals surface area contributed by atoms with Gasteiger partial charge in [0.15, 0.2) is 0 Å². The predicted octanol–water partition coefficient (Wildman–Crippen LogP) is 3.84. The summed E-state index contributed by atoms with van der Waals surface area (Å²) in [7, 11) is -3.94. The molecule has 0 saturated carbocycles. The topological polar surface area (TPSA) is 105 Å². The molecule has 0 bridgehead atoms. The normalized spacial score (nSPS) is 11.6. The Balaban J connectivity index is 2.09. The van der Waals surface area contributed by atoms with Crippen LogP contribution in [0.1, 0.15) is 5.56 Å².